The molecule has 1 aromatic carbocycles. The number of nitrogen functional groups attached to an aromatic ring is 1. The maximum absolute atomic E-state index is 5.65. The van der Waals surface area contributed by atoms with Crippen molar-refractivity contribution < 1.29 is 4.52 Å². The SMILES string of the molecule is Cl.Nc1ccc(Cc2nc(-c3ccc(N4CCCCC4)cc3)no2)nc1. The van der Waals surface area contributed by atoms with Crippen LogP contribution >= 0.6 is 12.4 Å². The van der Waals surface area contributed by atoms with E-state index in [4.69, 9.17) is 10.3 Å². The van der Waals surface area contributed by atoms with Crippen LogP contribution in [0, 0.1) is 0 Å². The molecule has 0 radical (unpaired) electrons. The van der Waals surface area contributed by atoms with Gasteiger partial charge in [0.25, 0.3) is 0 Å². The molecule has 4 rings (SSSR count). The number of benzene rings is 1. The first-order chi connectivity index (χ1) is 12.3. The van der Waals surface area contributed by atoms with Gasteiger partial charge in [0.15, 0.2) is 0 Å². The van der Waals surface area contributed by atoms with Crippen LogP contribution < -0.4 is 10.6 Å². The summed E-state index contributed by atoms with van der Waals surface area (Å²) in [6, 6.07) is 12.1. The summed E-state index contributed by atoms with van der Waals surface area (Å²) in [7, 11) is 0. The summed E-state index contributed by atoms with van der Waals surface area (Å²) in [6.07, 6.45) is 6.01. The molecule has 0 amide bonds. The van der Waals surface area contributed by atoms with Gasteiger partial charge in [-0.1, -0.05) is 5.16 Å². The van der Waals surface area contributed by atoms with E-state index in [1.165, 1.54) is 24.9 Å². The van der Waals surface area contributed by atoms with E-state index in [0.717, 1.165) is 24.3 Å². The molecule has 26 heavy (non-hydrogen) atoms. The van der Waals surface area contributed by atoms with Crippen molar-refractivity contribution in [3.05, 3.63) is 54.2 Å². The highest BCUT2D eigenvalue weighted by Gasteiger charge is 2.13. The summed E-state index contributed by atoms with van der Waals surface area (Å²) in [6.45, 7) is 2.28. The van der Waals surface area contributed by atoms with E-state index >= 15 is 0 Å². The summed E-state index contributed by atoms with van der Waals surface area (Å²) >= 11 is 0. The van der Waals surface area contributed by atoms with Gasteiger partial charge in [-0.25, -0.2) is 0 Å². The predicted octanol–water partition coefficient (Wildman–Crippen LogP) is 3.72. The molecule has 0 bridgehead atoms. The highest BCUT2D eigenvalue weighted by Crippen LogP contribution is 2.24. The van der Waals surface area contributed by atoms with Gasteiger partial charge in [0, 0.05) is 30.0 Å². The van der Waals surface area contributed by atoms with Gasteiger partial charge in [-0.15, -0.1) is 12.4 Å². The largest absolute Gasteiger partial charge is 0.397 e. The zero-order valence-electron chi connectivity index (χ0n) is 14.5. The van der Waals surface area contributed by atoms with Crippen LogP contribution in [0.25, 0.3) is 11.4 Å². The number of piperidine rings is 1. The van der Waals surface area contributed by atoms with Gasteiger partial charge in [-0.3, -0.25) is 4.98 Å². The van der Waals surface area contributed by atoms with Crippen molar-refractivity contribution in [2.24, 2.45) is 0 Å². The molecule has 0 aliphatic carbocycles. The van der Waals surface area contributed by atoms with Crippen LogP contribution in [-0.4, -0.2) is 28.2 Å². The van der Waals surface area contributed by atoms with Crippen molar-refractivity contribution in [3.63, 3.8) is 0 Å². The number of nitrogens with two attached hydrogens (primary N) is 1. The van der Waals surface area contributed by atoms with Gasteiger partial charge in [-0.05, 0) is 55.7 Å². The second-order valence-corrected chi connectivity index (χ2v) is 6.37. The molecule has 0 unspecified atom stereocenters. The minimum absolute atomic E-state index is 0. The second-order valence-electron chi connectivity index (χ2n) is 6.37. The average Bonchev–Trinajstić information content (AvgIpc) is 3.13. The van der Waals surface area contributed by atoms with Gasteiger partial charge < -0.3 is 15.2 Å². The Labute approximate surface area is 158 Å². The van der Waals surface area contributed by atoms with E-state index in [9.17, 15) is 0 Å². The maximum Gasteiger partial charge on any atom is 0.232 e. The zero-order valence-corrected chi connectivity index (χ0v) is 15.3. The third kappa shape index (κ3) is 4.14. The Balaban J connectivity index is 0.00000196. The van der Waals surface area contributed by atoms with E-state index in [1.807, 2.05) is 12.1 Å². The molecule has 1 saturated heterocycles. The van der Waals surface area contributed by atoms with Crippen LogP contribution in [-0.2, 0) is 6.42 Å². The molecule has 3 aromatic rings. The lowest BCUT2D eigenvalue weighted by Gasteiger charge is -2.28. The smallest absolute Gasteiger partial charge is 0.232 e. The number of anilines is 2. The Kier molecular flexibility index (Phi) is 5.73. The van der Waals surface area contributed by atoms with Gasteiger partial charge in [0.05, 0.1) is 18.3 Å². The molecule has 7 heteroatoms. The van der Waals surface area contributed by atoms with E-state index in [0.29, 0.717) is 23.8 Å². The number of hydrogen-bond acceptors (Lipinski definition) is 6. The molecule has 136 valence electrons. The third-order valence-corrected chi connectivity index (χ3v) is 4.49. The van der Waals surface area contributed by atoms with Crippen LogP contribution in [0.2, 0.25) is 0 Å². The highest BCUT2D eigenvalue weighted by molar-refractivity contribution is 5.85. The van der Waals surface area contributed by atoms with Gasteiger partial charge in [0.2, 0.25) is 11.7 Å². The molecule has 2 N–H and O–H groups in total. The first kappa shape index (κ1) is 18.2. The summed E-state index contributed by atoms with van der Waals surface area (Å²) < 4.78 is 5.36. The standard InChI is InChI=1S/C19H21N5O.ClH/c20-15-6-7-16(21-13-15)12-18-22-19(23-25-18)14-4-8-17(9-5-14)24-10-2-1-3-11-24;/h4-9,13H,1-3,10-12,20H2;1H. The Morgan fingerprint density at radius 3 is 2.46 bits per heavy atom. The molecule has 0 saturated carbocycles. The number of rotatable bonds is 4. The first-order valence-corrected chi connectivity index (χ1v) is 8.66. The fourth-order valence-corrected chi connectivity index (χ4v) is 3.11. The van der Waals surface area contributed by atoms with Crippen molar-refractivity contribution >= 4 is 23.8 Å². The minimum Gasteiger partial charge on any atom is -0.397 e. The average molecular weight is 372 g/mol. The number of nitrogens with zero attached hydrogens (tertiary/aromatic N) is 4. The monoisotopic (exact) mass is 371 g/mol. The summed E-state index contributed by atoms with van der Waals surface area (Å²) in [5.74, 6) is 1.16. The first-order valence-electron chi connectivity index (χ1n) is 8.66. The Bertz CT molecular complexity index is 826. The lowest BCUT2D eigenvalue weighted by Crippen LogP contribution is -2.29. The van der Waals surface area contributed by atoms with Crippen molar-refractivity contribution in [2.45, 2.75) is 25.7 Å². The molecule has 0 spiro atoms. The number of halogens is 1. The highest BCUT2D eigenvalue weighted by atomic mass is 35.5. The Hall–Kier alpha value is -2.60. The van der Waals surface area contributed by atoms with Crippen LogP contribution in [0.5, 0.6) is 0 Å². The fourth-order valence-electron chi connectivity index (χ4n) is 3.11. The van der Waals surface area contributed by atoms with E-state index in [1.54, 1.807) is 6.20 Å². The second kappa shape index (κ2) is 8.19. The molecule has 2 aromatic heterocycles. The minimum atomic E-state index is 0. The molecule has 1 aliphatic heterocycles. The molecule has 3 heterocycles. The van der Waals surface area contributed by atoms with Crippen molar-refractivity contribution in [1.29, 1.82) is 0 Å². The Morgan fingerprint density at radius 1 is 1.00 bits per heavy atom. The van der Waals surface area contributed by atoms with Crippen LogP contribution in [0.15, 0.2) is 47.1 Å². The maximum atomic E-state index is 5.65. The van der Waals surface area contributed by atoms with Gasteiger partial charge >= 0.3 is 0 Å². The van der Waals surface area contributed by atoms with Crippen LogP contribution in [0.4, 0.5) is 11.4 Å². The quantitative estimate of drug-likeness (QED) is 0.752. The number of pyridine rings is 1. The summed E-state index contributed by atoms with van der Waals surface area (Å²) in [4.78, 5) is 11.2. The van der Waals surface area contributed by atoms with E-state index in [2.05, 4.69) is 44.3 Å². The normalized spacial score (nSPS) is 14.1. The zero-order chi connectivity index (χ0) is 17.1. The molecule has 1 aliphatic rings. The number of aromatic nitrogens is 3. The van der Waals surface area contributed by atoms with E-state index in [-0.39, 0.29) is 12.4 Å². The molecular formula is C19H22ClN5O. The fraction of sp³-hybridized carbons (Fsp3) is 0.316. The molecule has 0 atom stereocenters. The Morgan fingerprint density at radius 2 is 1.77 bits per heavy atom. The summed E-state index contributed by atoms with van der Waals surface area (Å²) in [5, 5.41) is 4.09. The molecule has 1 fully saturated rings. The predicted molar refractivity (Wildman–Crippen MR) is 105 cm³/mol. The van der Waals surface area contributed by atoms with Gasteiger partial charge in [0.1, 0.15) is 0 Å². The van der Waals surface area contributed by atoms with Gasteiger partial charge in [-0.2, -0.15) is 4.98 Å². The van der Waals surface area contributed by atoms with Crippen molar-refractivity contribution in [1.82, 2.24) is 15.1 Å². The summed E-state index contributed by atoms with van der Waals surface area (Å²) in [5.41, 5.74) is 9.36. The van der Waals surface area contributed by atoms with Crippen LogP contribution in [0.1, 0.15) is 30.8 Å². The van der Waals surface area contributed by atoms with Crippen molar-refractivity contribution in [2.75, 3.05) is 23.7 Å². The van der Waals surface area contributed by atoms with E-state index < -0.39 is 0 Å². The van der Waals surface area contributed by atoms with Crippen LogP contribution in [0.3, 0.4) is 0 Å². The van der Waals surface area contributed by atoms with Crippen molar-refractivity contribution in [3.8, 4) is 11.4 Å². The number of hydrogen-bond donors (Lipinski definition) is 1. The lowest BCUT2D eigenvalue weighted by atomic mass is 10.1. The lowest BCUT2D eigenvalue weighted by molar-refractivity contribution is 0.385. The molecule has 6 nitrogen and oxygen atoms in total. The topological polar surface area (TPSA) is 81.1 Å². The third-order valence-electron chi connectivity index (χ3n) is 4.49. The molecular weight excluding hydrogens is 350 g/mol.